The first-order valence-electron chi connectivity index (χ1n) is 8.19. The minimum absolute atomic E-state index is 0.00342. The Labute approximate surface area is 161 Å². The highest BCUT2D eigenvalue weighted by molar-refractivity contribution is 7.87. The third kappa shape index (κ3) is 3.22. The van der Waals surface area contributed by atoms with Crippen molar-refractivity contribution in [3.8, 4) is 5.75 Å². The fourth-order valence-corrected chi connectivity index (χ4v) is 5.03. The Morgan fingerprint density at radius 1 is 0.643 bits per heavy atom. The minimum atomic E-state index is -4.58. The maximum absolute atomic E-state index is 13.0. The molecule has 0 fully saturated rings. The first kappa shape index (κ1) is 18.4. The normalized spacial score (nSPS) is 12.3. The largest absolute Gasteiger partial charge is 0.378 e. The summed E-state index contributed by atoms with van der Waals surface area (Å²) in [7, 11) is -8.85. The first-order chi connectivity index (χ1) is 13.3. The van der Waals surface area contributed by atoms with Gasteiger partial charge in [0.15, 0.2) is 5.75 Å². The van der Waals surface area contributed by atoms with Gasteiger partial charge in [0.25, 0.3) is 10.1 Å². The van der Waals surface area contributed by atoms with Crippen LogP contribution in [0, 0.1) is 0 Å². The summed E-state index contributed by atoms with van der Waals surface area (Å²) in [4.78, 5) is -0.458. The van der Waals surface area contributed by atoms with E-state index in [0.717, 1.165) is 5.39 Å². The van der Waals surface area contributed by atoms with E-state index in [-0.39, 0.29) is 16.0 Å². The van der Waals surface area contributed by atoms with Crippen LogP contribution in [0.1, 0.15) is 0 Å². The van der Waals surface area contributed by atoms with E-state index in [1.54, 1.807) is 54.6 Å². The highest BCUT2D eigenvalue weighted by Gasteiger charge is 2.23. The van der Waals surface area contributed by atoms with E-state index < -0.39 is 25.1 Å². The van der Waals surface area contributed by atoms with Crippen LogP contribution in [0.15, 0.2) is 88.7 Å². The number of benzene rings is 4. The average molecular weight is 414 g/mol. The summed E-state index contributed by atoms with van der Waals surface area (Å²) in [6.07, 6.45) is 0. The molecule has 6 nitrogen and oxygen atoms in total. The topological polar surface area (TPSA) is 97.7 Å². The van der Waals surface area contributed by atoms with Crippen LogP contribution in [0.2, 0.25) is 0 Å². The van der Waals surface area contributed by atoms with Crippen LogP contribution in [0.3, 0.4) is 0 Å². The van der Waals surface area contributed by atoms with Crippen LogP contribution in [0.4, 0.5) is 0 Å². The van der Waals surface area contributed by atoms with Crippen LogP contribution >= 0.6 is 0 Å². The molecular weight excluding hydrogens is 400 g/mol. The lowest BCUT2D eigenvalue weighted by atomic mass is 10.1. The monoisotopic (exact) mass is 414 g/mol. The molecule has 0 aliphatic carbocycles. The van der Waals surface area contributed by atoms with Crippen molar-refractivity contribution in [3.63, 3.8) is 0 Å². The highest BCUT2D eigenvalue weighted by atomic mass is 32.2. The van der Waals surface area contributed by atoms with Gasteiger partial charge in [-0.15, -0.1) is 0 Å². The summed E-state index contributed by atoms with van der Waals surface area (Å²) >= 11 is 0. The lowest BCUT2D eigenvalue weighted by Gasteiger charge is -2.13. The maximum atomic E-state index is 13.0. The molecule has 4 aromatic rings. The van der Waals surface area contributed by atoms with E-state index in [4.69, 9.17) is 4.18 Å². The molecule has 4 rings (SSSR count). The number of fused-ring (bicyclic) bond motifs is 2. The fraction of sp³-hybridized carbons (Fsp3) is 0. The Hall–Kier alpha value is -2.94. The summed E-state index contributed by atoms with van der Waals surface area (Å²) in [6, 6.07) is 20.5. The van der Waals surface area contributed by atoms with Gasteiger partial charge < -0.3 is 4.18 Å². The molecule has 0 saturated carbocycles. The SMILES string of the molecule is O=S(=O)(O)c1cccc2cccc(OS(=O)(=O)c3cccc4ccccc34)c12. The molecule has 0 heterocycles. The highest BCUT2D eigenvalue weighted by Crippen LogP contribution is 2.34. The Morgan fingerprint density at radius 2 is 1.21 bits per heavy atom. The third-order valence-corrected chi connectivity index (χ3v) is 6.51. The lowest BCUT2D eigenvalue weighted by molar-refractivity contribution is 0.479. The first-order valence-corrected chi connectivity index (χ1v) is 11.0. The Kier molecular flexibility index (Phi) is 4.34. The van der Waals surface area contributed by atoms with Gasteiger partial charge in [0.2, 0.25) is 0 Å². The van der Waals surface area contributed by atoms with E-state index in [9.17, 15) is 21.4 Å². The Morgan fingerprint density at radius 3 is 1.93 bits per heavy atom. The van der Waals surface area contributed by atoms with Crippen molar-refractivity contribution >= 4 is 41.8 Å². The van der Waals surface area contributed by atoms with Crippen LogP contribution in [-0.2, 0) is 20.2 Å². The summed E-state index contributed by atoms with van der Waals surface area (Å²) in [5.41, 5.74) is 0. The number of rotatable bonds is 4. The summed E-state index contributed by atoms with van der Waals surface area (Å²) in [5, 5.41) is 1.63. The second-order valence-corrected chi connectivity index (χ2v) is 9.00. The molecule has 28 heavy (non-hydrogen) atoms. The molecule has 0 bridgehead atoms. The van der Waals surface area contributed by atoms with E-state index >= 15 is 0 Å². The van der Waals surface area contributed by atoms with Crippen LogP contribution in [-0.4, -0.2) is 21.4 Å². The quantitative estimate of drug-likeness (QED) is 0.400. The summed E-state index contributed by atoms with van der Waals surface area (Å²) < 4.78 is 64.4. The second-order valence-electron chi connectivity index (χ2n) is 6.10. The van der Waals surface area contributed by atoms with E-state index in [1.807, 2.05) is 0 Å². The van der Waals surface area contributed by atoms with Gasteiger partial charge in [-0.3, -0.25) is 4.55 Å². The van der Waals surface area contributed by atoms with Crippen molar-refractivity contribution in [1.82, 2.24) is 0 Å². The van der Waals surface area contributed by atoms with Crippen molar-refractivity contribution in [1.29, 1.82) is 0 Å². The van der Waals surface area contributed by atoms with Crippen molar-refractivity contribution in [3.05, 3.63) is 78.9 Å². The molecule has 0 saturated heterocycles. The molecule has 0 unspecified atom stereocenters. The molecule has 0 radical (unpaired) electrons. The zero-order chi connectivity index (χ0) is 19.9. The molecule has 8 heteroatoms. The second kappa shape index (κ2) is 6.59. The predicted molar refractivity (Wildman–Crippen MR) is 106 cm³/mol. The zero-order valence-electron chi connectivity index (χ0n) is 14.3. The van der Waals surface area contributed by atoms with Crippen molar-refractivity contribution in [2.75, 3.05) is 0 Å². The molecule has 0 aromatic heterocycles. The molecule has 0 amide bonds. The molecule has 0 aliphatic rings. The Balaban J connectivity index is 1.93. The van der Waals surface area contributed by atoms with E-state index in [0.29, 0.717) is 10.8 Å². The third-order valence-electron chi connectivity index (χ3n) is 4.32. The maximum Gasteiger partial charge on any atom is 0.339 e. The van der Waals surface area contributed by atoms with Crippen molar-refractivity contribution < 1.29 is 25.6 Å². The van der Waals surface area contributed by atoms with Crippen molar-refractivity contribution in [2.24, 2.45) is 0 Å². The molecule has 0 spiro atoms. The number of hydrogen-bond acceptors (Lipinski definition) is 5. The standard InChI is InChI=1S/C20H14O6S2/c21-27(22,23)19-13-5-9-15-8-3-11-17(20(15)19)26-28(24,25)18-12-4-7-14-6-1-2-10-16(14)18/h1-13H,(H,21,22,23). The Bertz CT molecular complexity index is 1410. The van der Waals surface area contributed by atoms with Gasteiger partial charge in [0, 0.05) is 10.8 Å². The van der Waals surface area contributed by atoms with Gasteiger partial charge in [-0.25, -0.2) is 0 Å². The lowest BCUT2D eigenvalue weighted by Crippen LogP contribution is -2.11. The van der Waals surface area contributed by atoms with Gasteiger partial charge in [-0.2, -0.15) is 16.8 Å². The average Bonchev–Trinajstić information content (AvgIpc) is 2.66. The van der Waals surface area contributed by atoms with Gasteiger partial charge in [0.1, 0.15) is 9.79 Å². The molecule has 0 aliphatic heterocycles. The molecule has 142 valence electrons. The van der Waals surface area contributed by atoms with Gasteiger partial charge in [0.05, 0.1) is 0 Å². The van der Waals surface area contributed by atoms with Gasteiger partial charge >= 0.3 is 10.1 Å². The van der Waals surface area contributed by atoms with Crippen LogP contribution in [0.5, 0.6) is 5.75 Å². The van der Waals surface area contributed by atoms with Crippen molar-refractivity contribution in [2.45, 2.75) is 9.79 Å². The summed E-state index contributed by atoms with van der Waals surface area (Å²) in [5.74, 6) is -0.182. The van der Waals surface area contributed by atoms with Gasteiger partial charge in [-0.1, -0.05) is 60.7 Å². The van der Waals surface area contributed by atoms with Gasteiger partial charge in [-0.05, 0) is 29.0 Å². The van der Waals surface area contributed by atoms with E-state index in [1.165, 1.54) is 24.3 Å². The molecular formula is C20H14O6S2. The van der Waals surface area contributed by atoms with E-state index in [2.05, 4.69) is 0 Å². The molecule has 4 aromatic carbocycles. The predicted octanol–water partition coefficient (Wildman–Crippen LogP) is 4.01. The fourth-order valence-electron chi connectivity index (χ4n) is 3.13. The van der Waals surface area contributed by atoms with Crippen LogP contribution < -0.4 is 4.18 Å². The summed E-state index contributed by atoms with van der Waals surface area (Å²) in [6.45, 7) is 0. The molecule has 0 atom stereocenters. The number of hydrogen-bond donors (Lipinski definition) is 1. The van der Waals surface area contributed by atoms with Crippen LogP contribution in [0.25, 0.3) is 21.5 Å². The molecule has 1 N–H and O–H groups in total. The smallest absolute Gasteiger partial charge is 0.339 e. The zero-order valence-corrected chi connectivity index (χ0v) is 15.9. The minimum Gasteiger partial charge on any atom is -0.378 e.